The van der Waals surface area contributed by atoms with E-state index in [0.717, 1.165) is 24.8 Å². The van der Waals surface area contributed by atoms with Crippen LogP contribution in [-0.4, -0.2) is 56.2 Å². The van der Waals surface area contributed by atoms with Gasteiger partial charge in [-0.1, -0.05) is 39.3 Å². The maximum absolute atomic E-state index is 13.2. The first-order chi connectivity index (χ1) is 21.7. The number of hydrogen-bond acceptors (Lipinski definition) is 8. The number of phenols is 2. The van der Waals surface area contributed by atoms with Crippen LogP contribution in [0, 0.1) is 47.3 Å². The van der Waals surface area contributed by atoms with Crippen molar-refractivity contribution in [2.45, 2.75) is 110 Å². The van der Waals surface area contributed by atoms with E-state index in [1.54, 1.807) is 19.1 Å². The van der Waals surface area contributed by atoms with Crippen molar-refractivity contribution in [1.29, 1.82) is 0 Å². The van der Waals surface area contributed by atoms with Crippen molar-refractivity contribution in [2.75, 3.05) is 0 Å². The number of phenolic OH excluding ortho intramolecular Hbond substituents is 2. The summed E-state index contributed by atoms with van der Waals surface area (Å²) in [6, 6.07) is 3.90. The molecule has 4 fully saturated rings. The molecule has 3 aliphatic heterocycles. The fourth-order valence-corrected chi connectivity index (χ4v) is 9.55. The molecule has 0 aromatic heterocycles. The molecule has 9 nitrogen and oxygen atoms in total. The van der Waals surface area contributed by atoms with Crippen LogP contribution in [0.2, 0.25) is 0 Å². The third-order valence-corrected chi connectivity index (χ3v) is 12.2. The van der Waals surface area contributed by atoms with Crippen molar-refractivity contribution in [1.82, 2.24) is 5.32 Å². The fraction of sp³-hybridized carbons (Fsp3) is 0.676. The largest absolute Gasteiger partial charge is 0.511 e. The van der Waals surface area contributed by atoms with Gasteiger partial charge in [-0.05, 0) is 99.2 Å². The van der Waals surface area contributed by atoms with E-state index in [1.807, 2.05) is 6.92 Å². The molecule has 2 aliphatic carbocycles. The molecule has 0 bridgehead atoms. The second kappa shape index (κ2) is 12.3. The van der Waals surface area contributed by atoms with Crippen LogP contribution in [0.3, 0.4) is 0 Å². The van der Waals surface area contributed by atoms with Crippen molar-refractivity contribution in [3.8, 4) is 11.5 Å². The SMILES string of the molecule is CC1=C[C@@H]2CC[C@@H](O)[C@H](C)[C@@H]2[C@@H](/C(O)=C2\C(=O)NC(C)C2=O)[C@@H]1C[C@H]1O[C@@]2(CC[C@H](C)[C@@H](c3cc(O)cc(O)c3)O2)[C@@H](C)C[C@@H]1C. The molecule has 1 amide bonds. The predicted molar refractivity (Wildman–Crippen MR) is 172 cm³/mol. The van der Waals surface area contributed by atoms with E-state index in [0.29, 0.717) is 24.8 Å². The average molecular weight is 638 g/mol. The lowest BCUT2D eigenvalue weighted by Crippen LogP contribution is -2.55. The summed E-state index contributed by atoms with van der Waals surface area (Å²) >= 11 is 0. The molecule has 46 heavy (non-hydrogen) atoms. The summed E-state index contributed by atoms with van der Waals surface area (Å²) in [5.41, 5.74) is 1.67. The molecule has 1 unspecified atom stereocenters. The number of ether oxygens (including phenoxy) is 2. The van der Waals surface area contributed by atoms with Gasteiger partial charge in [0.1, 0.15) is 22.8 Å². The molecule has 6 rings (SSSR count). The van der Waals surface area contributed by atoms with Crippen LogP contribution in [0.25, 0.3) is 0 Å². The lowest BCUT2D eigenvalue weighted by molar-refractivity contribution is -0.356. The Bertz CT molecular complexity index is 1420. The highest BCUT2D eigenvalue weighted by Crippen LogP contribution is 2.55. The van der Waals surface area contributed by atoms with Gasteiger partial charge in [0.15, 0.2) is 11.6 Å². The zero-order valence-corrected chi connectivity index (χ0v) is 27.9. The molecule has 3 saturated heterocycles. The first-order valence-corrected chi connectivity index (χ1v) is 17.2. The number of ketones is 1. The molecular weight excluding hydrogens is 586 g/mol. The van der Waals surface area contributed by atoms with Gasteiger partial charge in [0, 0.05) is 24.3 Å². The summed E-state index contributed by atoms with van der Waals surface area (Å²) in [5, 5.41) is 46.1. The summed E-state index contributed by atoms with van der Waals surface area (Å²) in [6.45, 7) is 12.2. The maximum Gasteiger partial charge on any atom is 0.259 e. The molecule has 5 aliphatic rings. The molecule has 9 heteroatoms. The predicted octanol–water partition coefficient (Wildman–Crippen LogP) is 5.85. The highest BCUT2D eigenvalue weighted by Gasteiger charge is 2.54. The van der Waals surface area contributed by atoms with Crippen LogP contribution in [0.5, 0.6) is 11.5 Å². The Morgan fingerprint density at radius 1 is 0.978 bits per heavy atom. The van der Waals surface area contributed by atoms with Crippen molar-refractivity contribution in [3.63, 3.8) is 0 Å². The van der Waals surface area contributed by atoms with Gasteiger partial charge in [-0.15, -0.1) is 0 Å². The number of carbonyl (C=O) groups is 2. The minimum atomic E-state index is -0.870. The zero-order chi connectivity index (χ0) is 33.2. The second-order valence-electron chi connectivity index (χ2n) is 15.3. The van der Waals surface area contributed by atoms with Crippen LogP contribution in [-0.2, 0) is 19.1 Å². The Labute approximate surface area is 272 Å². The number of aromatic hydroxyl groups is 2. The van der Waals surface area contributed by atoms with Crippen LogP contribution < -0.4 is 5.32 Å². The van der Waals surface area contributed by atoms with Gasteiger partial charge >= 0.3 is 0 Å². The van der Waals surface area contributed by atoms with E-state index >= 15 is 0 Å². The third-order valence-electron chi connectivity index (χ3n) is 12.2. The zero-order valence-electron chi connectivity index (χ0n) is 27.9. The molecule has 1 aromatic carbocycles. The topological polar surface area (TPSA) is 146 Å². The lowest BCUT2D eigenvalue weighted by atomic mass is 9.56. The van der Waals surface area contributed by atoms with Crippen LogP contribution >= 0.6 is 0 Å². The summed E-state index contributed by atoms with van der Waals surface area (Å²) in [6.07, 6.45) is 5.60. The number of rotatable bonds is 4. The average Bonchev–Trinajstić information content (AvgIpc) is 3.24. The van der Waals surface area contributed by atoms with Crippen LogP contribution in [0.4, 0.5) is 0 Å². The van der Waals surface area contributed by atoms with Crippen LogP contribution in [0.1, 0.15) is 91.7 Å². The van der Waals surface area contributed by atoms with E-state index in [1.165, 1.54) is 6.07 Å². The molecule has 1 saturated carbocycles. The number of carbonyl (C=O) groups excluding carboxylic acids is 2. The van der Waals surface area contributed by atoms with Gasteiger partial charge in [-0.25, -0.2) is 0 Å². The van der Waals surface area contributed by atoms with E-state index in [-0.39, 0.29) is 76.5 Å². The first kappa shape index (κ1) is 33.0. The van der Waals surface area contributed by atoms with Gasteiger partial charge in [-0.3, -0.25) is 9.59 Å². The Kier molecular flexibility index (Phi) is 8.83. The van der Waals surface area contributed by atoms with E-state index in [4.69, 9.17) is 9.47 Å². The highest BCUT2D eigenvalue weighted by atomic mass is 16.7. The fourth-order valence-electron chi connectivity index (χ4n) is 9.55. The number of hydrogen-bond donors (Lipinski definition) is 5. The number of nitrogens with one attached hydrogen (secondary N) is 1. The summed E-state index contributed by atoms with van der Waals surface area (Å²) in [7, 11) is 0. The van der Waals surface area contributed by atoms with Crippen molar-refractivity contribution >= 4 is 11.7 Å². The van der Waals surface area contributed by atoms with Gasteiger partial charge in [-0.2, -0.15) is 0 Å². The quantitative estimate of drug-likeness (QED) is 0.120. The lowest BCUT2D eigenvalue weighted by Gasteiger charge is -2.54. The molecule has 0 radical (unpaired) electrons. The molecule has 13 atom stereocenters. The minimum absolute atomic E-state index is 0.0155. The Hall–Kier alpha value is -2.88. The Morgan fingerprint density at radius 3 is 2.33 bits per heavy atom. The smallest absolute Gasteiger partial charge is 0.259 e. The van der Waals surface area contributed by atoms with Crippen LogP contribution in [0.15, 0.2) is 41.2 Å². The molecule has 3 heterocycles. The standard InChI is InChI=1S/C37H51NO8/c1-17-9-10-37(46-35(17)24-13-25(39)15-26(40)14-24)20(4)11-19(3)29(45-37)16-27-18(2)12-23-7-8-28(41)21(5)30(23)31(27)34(43)32-33(42)22(6)38-36(32)44/h12-15,17,19-23,27-31,35,39-41,43H,7-11,16H2,1-6H3,(H,38,44)/b34-32+/t17-,19-,20-,21-,22?,23-,27+,28+,29+,30-,31-,35-,37+/m0/s1. The highest BCUT2D eigenvalue weighted by molar-refractivity contribution is 6.26. The Morgan fingerprint density at radius 2 is 1.67 bits per heavy atom. The first-order valence-electron chi connectivity index (χ1n) is 17.2. The number of aliphatic hydroxyl groups is 2. The minimum Gasteiger partial charge on any atom is -0.511 e. The van der Waals surface area contributed by atoms with Crippen molar-refractivity contribution in [2.24, 2.45) is 47.3 Å². The molecule has 5 N–H and O–H groups in total. The molecule has 252 valence electrons. The monoisotopic (exact) mass is 637 g/mol. The Balaban J connectivity index is 1.35. The molecule has 1 aromatic rings. The van der Waals surface area contributed by atoms with Gasteiger partial charge < -0.3 is 35.2 Å². The maximum atomic E-state index is 13.2. The van der Waals surface area contributed by atoms with E-state index < -0.39 is 35.5 Å². The summed E-state index contributed by atoms with van der Waals surface area (Å²) in [5.74, 6) is -2.44. The van der Waals surface area contributed by atoms with Gasteiger partial charge in [0.25, 0.3) is 5.91 Å². The second-order valence-corrected chi connectivity index (χ2v) is 15.3. The number of allylic oxidation sites excluding steroid dienone is 3. The molecular formula is C37H51NO8. The summed E-state index contributed by atoms with van der Waals surface area (Å²) < 4.78 is 14.0. The van der Waals surface area contributed by atoms with E-state index in [2.05, 4.69) is 39.1 Å². The number of benzene rings is 1. The number of fused-ring (bicyclic) bond motifs is 1. The van der Waals surface area contributed by atoms with Gasteiger partial charge in [0.05, 0.1) is 24.4 Å². The number of Topliss-reactive ketones (excluding diaryl/α,β-unsaturated/α-hetero) is 1. The van der Waals surface area contributed by atoms with E-state index in [9.17, 15) is 30.0 Å². The normalized spacial score (nSPS) is 44.0. The van der Waals surface area contributed by atoms with Gasteiger partial charge in [0.2, 0.25) is 0 Å². The number of aliphatic hydroxyl groups excluding tert-OH is 2. The van der Waals surface area contributed by atoms with Crippen molar-refractivity contribution in [3.05, 3.63) is 46.7 Å². The van der Waals surface area contributed by atoms with Crippen molar-refractivity contribution < 1.29 is 39.5 Å². The summed E-state index contributed by atoms with van der Waals surface area (Å²) in [4.78, 5) is 26.1. The number of amides is 1. The molecule has 1 spiro atoms. The third kappa shape index (κ3) is 5.66.